The van der Waals surface area contributed by atoms with Gasteiger partial charge in [0.1, 0.15) is 0 Å². The summed E-state index contributed by atoms with van der Waals surface area (Å²) in [6, 6.07) is 5.80. The number of benzene rings is 1. The highest BCUT2D eigenvalue weighted by atomic mass is 79.9. The van der Waals surface area contributed by atoms with Crippen LogP contribution in [-0.2, 0) is 0 Å². The van der Waals surface area contributed by atoms with Crippen LogP contribution in [0.3, 0.4) is 0 Å². The second kappa shape index (κ2) is 3.72. The molecule has 0 saturated heterocycles. The average Bonchev–Trinajstić information content (AvgIpc) is 2.57. The minimum Gasteiger partial charge on any atom is -0.382 e. The fourth-order valence-corrected chi connectivity index (χ4v) is 1.39. The number of fused-ring (bicyclic) bond motifs is 1. The van der Waals surface area contributed by atoms with E-state index in [1.54, 1.807) is 0 Å². The second-order valence-electron chi connectivity index (χ2n) is 2.80. The van der Waals surface area contributed by atoms with Crippen LogP contribution in [0.1, 0.15) is 5.56 Å². The molecule has 0 aliphatic carbocycles. The topological polar surface area (TPSA) is 54.7 Å². The van der Waals surface area contributed by atoms with Crippen molar-refractivity contribution < 1.29 is 0 Å². The van der Waals surface area contributed by atoms with Gasteiger partial charge in [-0.25, -0.2) is 0 Å². The highest BCUT2D eigenvalue weighted by Gasteiger charge is 2.00. The van der Waals surface area contributed by atoms with Gasteiger partial charge in [0.15, 0.2) is 5.82 Å². The molecule has 1 aromatic carbocycles. The zero-order valence-corrected chi connectivity index (χ0v) is 8.93. The van der Waals surface area contributed by atoms with Crippen molar-refractivity contribution in [3.8, 4) is 11.8 Å². The maximum atomic E-state index is 5.64. The molecule has 1 heterocycles. The quantitative estimate of drug-likeness (QED) is 0.554. The molecule has 0 aliphatic rings. The van der Waals surface area contributed by atoms with E-state index in [1.807, 2.05) is 18.2 Å². The molecule has 3 N–H and O–H groups in total. The zero-order valence-electron chi connectivity index (χ0n) is 7.34. The third-order valence-electron chi connectivity index (χ3n) is 1.89. The Morgan fingerprint density at radius 3 is 3.14 bits per heavy atom. The van der Waals surface area contributed by atoms with Crippen LogP contribution in [0, 0.1) is 11.8 Å². The van der Waals surface area contributed by atoms with E-state index in [9.17, 15) is 0 Å². The number of halogens is 1. The maximum absolute atomic E-state index is 5.64. The monoisotopic (exact) mass is 249 g/mol. The van der Waals surface area contributed by atoms with E-state index < -0.39 is 0 Å². The van der Waals surface area contributed by atoms with E-state index in [0.717, 1.165) is 16.5 Å². The summed E-state index contributed by atoms with van der Waals surface area (Å²) in [6.45, 7) is 0. The van der Waals surface area contributed by atoms with Crippen molar-refractivity contribution in [2.24, 2.45) is 0 Å². The lowest BCUT2D eigenvalue weighted by molar-refractivity contribution is 1.13. The smallest absolute Gasteiger partial charge is 0.153 e. The van der Waals surface area contributed by atoms with Crippen LogP contribution in [-0.4, -0.2) is 15.5 Å². The standard InChI is InChI=1S/C10H8BrN3/c11-5-1-2-7-3-4-8-9(6-7)13-14-10(8)12/h3-4,6H,5H2,(H3,12,13,14). The maximum Gasteiger partial charge on any atom is 0.153 e. The Labute approximate surface area is 89.8 Å². The molecule has 14 heavy (non-hydrogen) atoms. The second-order valence-corrected chi connectivity index (χ2v) is 3.37. The van der Waals surface area contributed by atoms with E-state index in [4.69, 9.17) is 5.73 Å². The Balaban J connectivity index is 2.52. The highest BCUT2D eigenvalue weighted by molar-refractivity contribution is 9.09. The summed E-state index contributed by atoms with van der Waals surface area (Å²) in [5, 5.41) is 8.38. The van der Waals surface area contributed by atoms with Gasteiger partial charge in [0.2, 0.25) is 0 Å². The fourth-order valence-electron chi connectivity index (χ4n) is 1.25. The lowest BCUT2D eigenvalue weighted by Gasteiger charge is -1.91. The summed E-state index contributed by atoms with van der Waals surface area (Å²) in [5.41, 5.74) is 7.52. The first-order valence-corrected chi connectivity index (χ1v) is 5.22. The minimum atomic E-state index is 0.528. The van der Waals surface area contributed by atoms with Crippen molar-refractivity contribution in [3.63, 3.8) is 0 Å². The van der Waals surface area contributed by atoms with Crippen LogP contribution in [0.25, 0.3) is 10.9 Å². The molecule has 0 atom stereocenters. The molecule has 2 aromatic rings. The van der Waals surface area contributed by atoms with Gasteiger partial charge in [-0.2, -0.15) is 5.10 Å². The van der Waals surface area contributed by atoms with E-state index in [-0.39, 0.29) is 0 Å². The third kappa shape index (κ3) is 1.59. The number of rotatable bonds is 0. The van der Waals surface area contributed by atoms with Gasteiger partial charge in [0.05, 0.1) is 10.8 Å². The predicted octanol–water partition coefficient (Wildman–Crippen LogP) is 1.89. The molecule has 0 unspecified atom stereocenters. The number of nitrogens with one attached hydrogen (secondary N) is 1. The Kier molecular flexibility index (Phi) is 2.42. The van der Waals surface area contributed by atoms with Crippen molar-refractivity contribution in [1.29, 1.82) is 0 Å². The number of alkyl halides is 1. The van der Waals surface area contributed by atoms with Crippen LogP contribution in [0.15, 0.2) is 18.2 Å². The first-order chi connectivity index (χ1) is 6.81. The Bertz CT molecular complexity index is 519. The molecule has 0 fully saturated rings. The number of hydrogen-bond acceptors (Lipinski definition) is 2. The normalized spacial score (nSPS) is 9.79. The summed E-state index contributed by atoms with van der Waals surface area (Å²) in [5.74, 6) is 6.48. The Morgan fingerprint density at radius 1 is 1.50 bits per heavy atom. The molecule has 0 radical (unpaired) electrons. The summed E-state index contributed by atoms with van der Waals surface area (Å²) in [4.78, 5) is 0. The van der Waals surface area contributed by atoms with Gasteiger partial charge >= 0.3 is 0 Å². The number of hydrogen-bond donors (Lipinski definition) is 2. The van der Waals surface area contributed by atoms with Crippen molar-refractivity contribution in [1.82, 2.24) is 10.2 Å². The van der Waals surface area contributed by atoms with Gasteiger partial charge in [-0.15, -0.1) is 0 Å². The van der Waals surface area contributed by atoms with Gasteiger partial charge in [-0.3, -0.25) is 5.10 Å². The molecular weight excluding hydrogens is 242 g/mol. The van der Waals surface area contributed by atoms with Crippen LogP contribution >= 0.6 is 15.9 Å². The minimum absolute atomic E-state index is 0.528. The molecule has 1 aromatic heterocycles. The molecule has 70 valence electrons. The molecule has 0 spiro atoms. The summed E-state index contributed by atoms with van der Waals surface area (Å²) in [7, 11) is 0. The molecule has 0 bridgehead atoms. The predicted molar refractivity (Wildman–Crippen MR) is 61.2 cm³/mol. The van der Waals surface area contributed by atoms with Crippen molar-refractivity contribution >= 4 is 32.7 Å². The zero-order chi connectivity index (χ0) is 9.97. The van der Waals surface area contributed by atoms with Crippen LogP contribution < -0.4 is 5.73 Å². The SMILES string of the molecule is Nc1n[nH]c2cc(C#CCBr)ccc12. The van der Waals surface area contributed by atoms with E-state index in [2.05, 4.69) is 38.0 Å². The van der Waals surface area contributed by atoms with Crippen LogP contribution in [0.4, 0.5) is 5.82 Å². The third-order valence-corrected chi connectivity index (χ3v) is 2.17. The fraction of sp³-hybridized carbons (Fsp3) is 0.100. The molecular formula is C10H8BrN3. The van der Waals surface area contributed by atoms with Crippen molar-refractivity contribution in [3.05, 3.63) is 23.8 Å². The Morgan fingerprint density at radius 2 is 2.36 bits per heavy atom. The van der Waals surface area contributed by atoms with Crippen molar-refractivity contribution in [2.75, 3.05) is 11.1 Å². The highest BCUT2D eigenvalue weighted by Crippen LogP contribution is 2.18. The summed E-state index contributed by atoms with van der Waals surface area (Å²) >= 11 is 3.25. The van der Waals surface area contributed by atoms with Gasteiger partial charge in [0.25, 0.3) is 0 Å². The number of nitrogens with two attached hydrogens (primary N) is 1. The first kappa shape index (κ1) is 9.10. The first-order valence-electron chi connectivity index (χ1n) is 4.09. The van der Waals surface area contributed by atoms with E-state index in [1.165, 1.54) is 0 Å². The molecule has 2 rings (SSSR count). The summed E-state index contributed by atoms with van der Waals surface area (Å²) in [6.07, 6.45) is 0. The van der Waals surface area contributed by atoms with Gasteiger partial charge in [-0.05, 0) is 18.2 Å². The molecule has 0 amide bonds. The van der Waals surface area contributed by atoms with Gasteiger partial charge in [-0.1, -0.05) is 27.8 Å². The molecule has 4 heteroatoms. The number of nitrogen functional groups attached to an aromatic ring is 1. The van der Waals surface area contributed by atoms with Gasteiger partial charge < -0.3 is 5.73 Å². The lowest BCUT2D eigenvalue weighted by atomic mass is 10.1. The number of aromatic nitrogens is 2. The van der Waals surface area contributed by atoms with E-state index in [0.29, 0.717) is 11.1 Å². The molecule has 0 aliphatic heterocycles. The van der Waals surface area contributed by atoms with Crippen LogP contribution in [0.5, 0.6) is 0 Å². The van der Waals surface area contributed by atoms with Gasteiger partial charge in [0, 0.05) is 10.9 Å². The number of nitrogens with zero attached hydrogens (tertiary/aromatic N) is 1. The van der Waals surface area contributed by atoms with E-state index >= 15 is 0 Å². The lowest BCUT2D eigenvalue weighted by Crippen LogP contribution is -1.83. The summed E-state index contributed by atoms with van der Waals surface area (Å²) < 4.78 is 0. The number of anilines is 1. The average molecular weight is 250 g/mol. The molecule has 0 saturated carbocycles. The molecule has 3 nitrogen and oxygen atoms in total. The van der Waals surface area contributed by atoms with Crippen LogP contribution in [0.2, 0.25) is 0 Å². The largest absolute Gasteiger partial charge is 0.382 e. The number of H-pyrrole nitrogens is 1. The van der Waals surface area contributed by atoms with Crippen molar-refractivity contribution in [2.45, 2.75) is 0 Å². The Hall–Kier alpha value is -1.47. The number of aromatic amines is 1.